The van der Waals surface area contributed by atoms with Crippen molar-refractivity contribution in [3.63, 3.8) is 0 Å². The highest BCUT2D eigenvalue weighted by Gasteiger charge is 2.45. The number of amides is 2. The van der Waals surface area contributed by atoms with Crippen LogP contribution in [-0.4, -0.2) is 66.4 Å². The summed E-state index contributed by atoms with van der Waals surface area (Å²) in [4.78, 5) is 28.9. The van der Waals surface area contributed by atoms with Crippen LogP contribution < -0.4 is 10.6 Å². The minimum Gasteiger partial charge on any atom is -0.353 e. The van der Waals surface area contributed by atoms with Gasteiger partial charge in [-0.2, -0.15) is 13.2 Å². The molecule has 1 aromatic rings. The molecule has 1 aromatic carbocycles. The van der Waals surface area contributed by atoms with Crippen molar-refractivity contribution in [2.45, 2.75) is 50.1 Å². The quantitative estimate of drug-likeness (QED) is 0.666. The lowest BCUT2D eigenvalue weighted by Gasteiger charge is -2.33. The lowest BCUT2D eigenvalue weighted by atomic mass is 10.0. The molecule has 2 amide bonds. The summed E-state index contributed by atoms with van der Waals surface area (Å²) in [6, 6.07) is 4.69. The first-order valence-corrected chi connectivity index (χ1v) is 10.3. The van der Waals surface area contributed by atoms with Crippen LogP contribution in [0.2, 0.25) is 0 Å². The van der Waals surface area contributed by atoms with E-state index in [1.165, 1.54) is 12.1 Å². The molecule has 3 rings (SSSR count). The molecule has 0 radical (unpaired) electrons. The fraction of sp³-hybridized carbons (Fsp3) is 0.545. The zero-order valence-corrected chi connectivity index (χ0v) is 17.4. The van der Waals surface area contributed by atoms with Crippen LogP contribution in [0, 0.1) is 12.3 Å². The highest BCUT2D eigenvalue weighted by molar-refractivity contribution is 5.83. The van der Waals surface area contributed by atoms with Gasteiger partial charge in [0.05, 0.1) is 12.1 Å². The standard InChI is InChI=1S/C22H27F3N4O2/c1-3-11-26-19(30)9-8-17-13-27-21(31)20-18(28(17)2)10-12-29(20)14-15-4-6-16(7-5-15)22(23,24)25/h1,4-7,17-18,20H,8-14H2,2H3,(H,26,30)(H,27,31)/t17-,18-,20-/m0/s1. The van der Waals surface area contributed by atoms with Gasteiger partial charge < -0.3 is 10.6 Å². The summed E-state index contributed by atoms with van der Waals surface area (Å²) in [6.07, 6.45) is 2.47. The summed E-state index contributed by atoms with van der Waals surface area (Å²) in [6.45, 7) is 1.71. The third-order valence-electron chi connectivity index (χ3n) is 6.11. The van der Waals surface area contributed by atoms with Crippen LogP contribution in [0.5, 0.6) is 0 Å². The van der Waals surface area contributed by atoms with E-state index >= 15 is 0 Å². The van der Waals surface area contributed by atoms with E-state index in [1.807, 2.05) is 11.9 Å². The molecule has 2 aliphatic rings. The molecule has 168 valence electrons. The molecule has 2 aliphatic heterocycles. The monoisotopic (exact) mass is 436 g/mol. The van der Waals surface area contributed by atoms with Gasteiger partial charge in [-0.3, -0.25) is 19.4 Å². The van der Waals surface area contributed by atoms with Crippen LogP contribution in [0.4, 0.5) is 13.2 Å². The number of hydrogen-bond acceptors (Lipinski definition) is 4. The summed E-state index contributed by atoms with van der Waals surface area (Å²) < 4.78 is 38.4. The summed E-state index contributed by atoms with van der Waals surface area (Å²) in [7, 11) is 1.96. The Morgan fingerprint density at radius 1 is 1.32 bits per heavy atom. The number of nitrogens with one attached hydrogen (secondary N) is 2. The molecular formula is C22H27F3N4O2. The Bertz CT molecular complexity index is 835. The van der Waals surface area contributed by atoms with Gasteiger partial charge in [-0.1, -0.05) is 18.1 Å². The van der Waals surface area contributed by atoms with E-state index in [9.17, 15) is 22.8 Å². The minimum absolute atomic E-state index is 0.0153. The maximum absolute atomic E-state index is 12.8. The third-order valence-corrected chi connectivity index (χ3v) is 6.11. The van der Waals surface area contributed by atoms with Crippen LogP contribution in [0.3, 0.4) is 0 Å². The molecule has 2 fully saturated rings. The first-order chi connectivity index (χ1) is 14.7. The molecule has 2 heterocycles. The zero-order chi connectivity index (χ0) is 22.6. The molecule has 0 bridgehead atoms. The molecule has 31 heavy (non-hydrogen) atoms. The average Bonchev–Trinajstić information content (AvgIpc) is 3.10. The number of rotatable bonds is 6. The second-order valence-electron chi connectivity index (χ2n) is 8.05. The van der Waals surface area contributed by atoms with E-state index in [0.29, 0.717) is 32.5 Å². The van der Waals surface area contributed by atoms with Crippen LogP contribution in [0.1, 0.15) is 30.4 Å². The number of fused-ring (bicyclic) bond motifs is 1. The van der Waals surface area contributed by atoms with Crippen molar-refractivity contribution >= 4 is 11.8 Å². The Balaban J connectivity index is 1.64. The van der Waals surface area contributed by atoms with Crippen molar-refractivity contribution < 1.29 is 22.8 Å². The number of nitrogens with zero attached hydrogens (tertiary/aromatic N) is 2. The number of likely N-dealkylation sites (tertiary alicyclic amines) is 1. The molecule has 0 aliphatic carbocycles. The molecule has 0 aromatic heterocycles. The van der Waals surface area contributed by atoms with Crippen molar-refractivity contribution in [3.05, 3.63) is 35.4 Å². The predicted octanol–water partition coefficient (Wildman–Crippen LogP) is 1.61. The average molecular weight is 436 g/mol. The maximum Gasteiger partial charge on any atom is 0.416 e. The SMILES string of the molecule is C#CCNC(=O)CC[C@H]1CNC(=O)[C@@H]2[C@H](CCN2Cc2ccc(C(F)(F)F)cc2)N1C. The topological polar surface area (TPSA) is 64.7 Å². The number of likely N-dealkylation sites (N-methyl/N-ethyl adjacent to an activating group) is 1. The highest BCUT2D eigenvalue weighted by Crippen LogP contribution is 2.31. The normalized spacial score (nSPS) is 24.7. The fourth-order valence-corrected chi connectivity index (χ4v) is 4.40. The molecular weight excluding hydrogens is 409 g/mol. The molecule has 0 unspecified atom stereocenters. The van der Waals surface area contributed by atoms with Gasteiger partial charge in [-0.15, -0.1) is 6.42 Å². The molecule has 2 saturated heterocycles. The van der Waals surface area contributed by atoms with Crippen LogP contribution in [-0.2, 0) is 22.3 Å². The van der Waals surface area contributed by atoms with E-state index in [0.717, 1.165) is 24.1 Å². The van der Waals surface area contributed by atoms with Crippen LogP contribution >= 0.6 is 0 Å². The van der Waals surface area contributed by atoms with E-state index in [1.54, 1.807) is 0 Å². The Hall–Kier alpha value is -2.57. The van der Waals surface area contributed by atoms with E-state index in [-0.39, 0.29) is 36.5 Å². The third kappa shape index (κ3) is 5.57. The molecule has 2 N–H and O–H groups in total. The van der Waals surface area contributed by atoms with Crippen molar-refractivity contribution in [3.8, 4) is 12.3 Å². The zero-order valence-electron chi connectivity index (χ0n) is 17.4. The second-order valence-corrected chi connectivity index (χ2v) is 8.05. The first kappa shape index (κ1) is 23.1. The summed E-state index contributed by atoms with van der Waals surface area (Å²) in [5.74, 6) is 2.17. The number of halogens is 3. The highest BCUT2D eigenvalue weighted by atomic mass is 19.4. The summed E-state index contributed by atoms with van der Waals surface area (Å²) >= 11 is 0. The van der Waals surface area contributed by atoms with E-state index < -0.39 is 11.7 Å². The molecule has 9 heteroatoms. The van der Waals surface area contributed by atoms with Crippen LogP contribution in [0.15, 0.2) is 24.3 Å². The van der Waals surface area contributed by atoms with Gasteiger partial charge in [0.2, 0.25) is 11.8 Å². The Morgan fingerprint density at radius 2 is 2.03 bits per heavy atom. The lowest BCUT2D eigenvalue weighted by molar-refractivity contribution is -0.137. The fourth-order valence-electron chi connectivity index (χ4n) is 4.40. The van der Waals surface area contributed by atoms with Gasteiger partial charge in [-0.05, 0) is 37.6 Å². The van der Waals surface area contributed by atoms with Gasteiger partial charge in [-0.25, -0.2) is 0 Å². The number of alkyl halides is 3. The predicted molar refractivity (Wildman–Crippen MR) is 110 cm³/mol. The minimum atomic E-state index is -4.37. The largest absolute Gasteiger partial charge is 0.416 e. The Labute approximate surface area is 180 Å². The second kappa shape index (κ2) is 9.71. The van der Waals surface area contributed by atoms with Crippen molar-refractivity contribution in [2.24, 2.45) is 0 Å². The van der Waals surface area contributed by atoms with Crippen molar-refractivity contribution in [1.29, 1.82) is 0 Å². The molecule has 0 spiro atoms. The van der Waals surface area contributed by atoms with Crippen molar-refractivity contribution in [2.75, 3.05) is 26.7 Å². The Kier molecular flexibility index (Phi) is 7.23. The number of carbonyl (C=O) groups is 2. The van der Waals surface area contributed by atoms with Gasteiger partial charge >= 0.3 is 6.18 Å². The van der Waals surface area contributed by atoms with Gasteiger partial charge in [0.25, 0.3) is 0 Å². The number of terminal acetylenes is 1. The van der Waals surface area contributed by atoms with Gasteiger partial charge in [0.15, 0.2) is 0 Å². The molecule has 6 nitrogen and oxygen atoms in total. The number of hydrogen-bond donors (Lipinski definition) is 2. The molecule has 3 atom stereocenters. The number of carbonyl (C=O) groups excluding carboxylic acids is 2. The van der Waals surface area contributed by atoms with E-state index in [4.69, 9.17) is 6.42 Å². The first-order valence-electron chi connectivity index (χ1n) is 10.3. The Morgan fingerprint density at radius 3 is 2.68 bits per heavy atom. The van der Waals surface area contributed by atoms with Gasteiger partial charge in [0, 0.05) is 38.1 Å². The van der Waals surface area contributed by atoms with E-state index in [2.05, 4.69) is 21.5 Å². The number of benzene rings is 1. The lowest BCUT2D eigenvalue weighted by Crippen LogP contribution is -2.49. The smallest absolute Gasteiger partial charge is 0.353 e. The van der Waals surface area contributed by atoms with Gasteiger partial charge in [0.1, 0.15) is 6.04 Å². The molecule has 0 saturated carbocycles. The van der Waals surface area contributed by atoms with Crippen LogP contribution in [0.25, 0.3) is 0 Å². The van der Waals surface area contributed by atoms with Crippen molar-refractivity contribution in [1.82, 2.24) is 20.4 Å². The summed E-state index contributed by atoms with van der Waals surface area (Å²) in [5, 5.41) is 5.62. The summed E-state index contributed by atoms with van der Waals surface area (Å²) in [5.41, 5.74) is 0.0479. The maximum atomic E-state index is 12.8.